The maximum absolute atomic E-state index is 9.40. The molecule has 1 aromatic carbocycles. The molecule has 2 aromatic rings. The summed E-state index contributed by atoms with van der Waals surface area (Å²) in [6, 6.07) is 6.18. The molecular formula is C16H19NO2S. The monoisotopic (exact) mass is 289 g/mol. The van der Waals surface area contributed by atoms with Crippen LogP contribution >= 0.6 is 11.3 Å². The summed E-state index contributed by atoms with van der Waals surface area (Å²) in [5.74, 6) is 1.48. The molecular weight excluding hydrogens is 270 g/mol. The second kappa shape index (κ2) is 5.54. The highest BCUT2D eigenvalue weighted by Gasteiger charge is 2.29. The van der Waals surface area contributed by atoms with Gasteiger partial charge in [0.1, 0.15) is 17.4 Å². The molecule has 20 heavy (non-hydrogen) atoms. The molecule has 0 bridgehead atoms. The molecule has 1 fully saturated rings. The Hall–Kier alpha value is -1.39. The fourth-order valence-corrected chi connectivity index (χ4v) is 3.29. The van der Waals surface area contributed by atoms with E-state index in [1.807, 2.05) is 6.07 Å². The Morgan fingerprint density at radius 1 is 1.35 bits per heavy atom. The van der Waals surface area contributed by atoms with Crippen LogP contribution in [0, 0.1) is 13.8 Å². The molecule has 1 saturated carbocycles. The molecule has 0 spiro atoms. The second-order valence-electron chi connectivity index (χ2n) is 5.41. The first kappa shape index (κ1) is 13.6. The van der Waals surface area contributed by atoms with Gasteiger partial charge in [-0.2, -0.15) is 0 Å². The molecule has 1 N–H and O–H groups in total. The van der Waals surface area contributed by atoms with Crippen molar-refractivity contribution in [2.24, 2.45) is 0 Å². The van der Waals surface area contributed by atoms with Crippen molar-refractivity contribution >= 4 is 11.3 Å². The van der Waals surface area contributed by atoms with Crippen molar-refractivity contribution in [3.8, 4) is 5.75 Å². The van der Waals surface area contributed by atoms with E-state index in [1.54, 1.807) is 11.3 Å². The Balaban J connectivity index is 1.71. The van der Waals surface area contributed by atoms with Gasteiger partial charge in [-0.1, -0.05) is 17.7 Å². The van der Waals surface area contributed by atoms with Gasteiger partial charge >= 0.3 is 0 Å². The van der Waals surface area contributed by atoms with Crippen molar-refractivity contribution in [2.75, 3.05) is 0 Å². The van der Waals surface area contributed by atoms with Gasteiger partial charge in [0, 0.05) is 5.92 Å². The number of aryl methyl sites for hydroxylation is 2. The zero-order valence-corrected chi connectivity index (χ0v) is 12.7. The number of thiazole rings is 1. The fraction of sp³-hybridized carbons (Fsp3) is 0.438. The molecule has 1 aliphatic rings. The number of rotatable bonds is 5. The number of nitrogens with zero attached hydrogens (tertiary/aromatic N) is 1. The van der Waals surface area contributed by atoms with Gasteiger partial charge in [0.05, 0.1) is 17.2 Å². The molecule has 0 saturated heterocycles. The molecule has 1 heterocycles. The van der Waals surface area contributed by atoms with E-state index in [0.29, 0.717) is 12.5 Å². The van der Waals surface area contributed by atoms with E-state index in [0.717, 1.165) is 26.9 Å². The van der Waals surface area contributed by atoms with E-state index >= 15 is 0 Å². The Morgan fingerprint density at radius 2 is 2.15 bits per heavy atom. The minimum Gasteiger partial charge on any atom is -0.486 e. The van der Waals surface area contributed by atoms with Crippen LogP contribution in [0.5, 0.6) is 5.75 Å². The van der Waals surface area contributed by atoms with Crippen molar-refractivity contribution in [3.05, 3.63) is 44.9 Å². The number of benzene rings is 1. The lowest BCUT2D eigenvalue weighted by Crippen LogP contribution is -1.97. The molecule has 1 aliphatic carbocycles. The van der Waals surface area contributed by atoms with Crippen molar-refractivity contribution < 1.29 is 9.84 Å². The fourth-order valence-electron chi connectivity index (χ4n) is 2.37. The maximum atomic E-state index is 9.40. The smallest absolute Gasteiger partial charge is 0.140 e. The van der Waals surface area contributed by atoms with Crippen LogP contribution in [-0.4, -0.2) is 10.1 Å². The third-order valence-electron chi connectivity index (χ3n) is 3.56. The van der Waals surface area contributed by atoms with Gasteiger partial charge in [-0.05, 0) is 38.3 Å². The molecule has 3 nitrogen and oxygen atoms in total. The maximum Gasteiger partial charge on any atom is 0.140 e. The molecule has 4 heteroatoms. The van der Waals surface area contributed by atoms with Crippen LogP contribution < -0.4 is 4.74 Å². The van der Waals surface area contributed by atoms with E-state index in [9.17, 15) is 5.11 Å². The van der Waals surface area contributed by atoms with E-state index in [4.69, 9.17) is 4.74 Å². The predicted molar refractivity (Wildman–Crippen MR) is 80.3 cm³/mol. The average molecular weight is 289 g/mol. The number of ether oxygens (including phenoxy) is 1. The minimum atomic E-state index is 0.0903. The van der Waals surface area contributed by atoms with Gasteiger partial charge in [-0.15, -0.1) is 11.3 Å². The largest absolute Gasteiger partial charge is 0.486 e. The lowest BCUT2D eigenvalue weighted by atomic mass is 10.1. The Bertz CT molecular complexity index is 617. The topological polar surface area (TPSA) is 42.4 Å². The van der Waals surface area contributed by atoms with Crippen LogP contribution in [-0.2, 0) is 13.2 Å². The number of aromatic nitrogens is 1. The predicted octanol–water partition coefficient (Wildman–Crippen LogP) is 3.71. The summed E-state index contributed by atoms with van der Waals surface area (Å²) in [6.07, 6.45) is 2.40. The summed E-state index contributed by atoms with van der Waals surface area (Å²) in [4.78, 5) is 5.65. The summed E-state index contributed by atoms with van der Waals surface area (Å²) < 4.78 is 5.86. The normalized spacial score (nSPS) is 14.6. The van der Waals surface area contributed by atoms with E-state index in [-0.39, 0.29) is 6.61 Å². The SMILES string of the molecule is Cc1ccc(OCc2nc(C3CC3)c(CO)s2)c(C)c1. The van der Waals surface area contributed by atoms with Crippen LogP contribution in [0.2, 0.25) is 0 Å². The lowest BCUT2D eigenvalue weighted by molar-refractivity contribution is 0.284. The molecule has 0 unspecified atom stereocenters. The zero-order chi connectivity index (χ0) is 14.1. The standard InChI is InChI=1S/C16H19NO2S/c1-10-3-6-13(11(2)7-10)19-9-15-17-16(12-4-5-12)14(8-18)20-15/h3,6-7,12,18H,4-5,8-9H2,1-2H3. The third kappa shape index (κ3) is 2.86. The van der Waals surface area contributed by atoms with Gasteiger partial charge in [-0.25, -0.2) is 4.98 Å². The summed E-state index contributed by atoms with van der Waals surface area (Å²) in [7, 11) is 0. The van der Waals surface area contributed by atoms with Gasteiger partial charge < -0.3 is 9.84 Å². The molecule has 0 radical (unpaired) electrons. The van der Waals surface area contributed by atoms with Crippen molar-refractivity contribution in [1.82, 2.24) is 4.98 Å². The molecule has 0 aliphatic heterocycles. The Morgan fingerprint density at radius 3 is 2.80 bits per heavy atom. The number of hydrogen-bond donors (Lipinski definition) is 1. The summed E-state index contributed by atoms with van der Waals surface area (Å²) in [5.41, 5.74) is 3.48. The van der Waals surface area contributed by atoms with E-state index in [2.05, 4.69) is 31.0 Å². The zero-order valence-electron chi connectivity index (χ0n) is 11.8. The van der Waals surface area contributed by atoms with Gasteiger partial charge in [-0.3, -0.25) is 0 Å². The van der Waals surface area contributed by atoms with Crippen LogP contribution in [0.1, 0.15) is 45.5 Å². The number of aliphatic hydroxyl groups excluding tert-OH is 1. The molecule has 0 atom stereocenters. The molecule has 1 aromatic heterocycles. The van der Waals surface area contributed by atoms with E-state index < -0.39 is 0 Å². The first-order chi connectivity index (χ1) is 9.67. The first-order valence-corrected chi connectivity index (χ1v) is 7.78. The van der Waals surface area contributed by atoms with Crippen LogP contribution in [0.4, 0.5) is 0 Å². The molecule has 3 rings (SSSR count). The molecule has 106 valence electrons. The quantitative estimate of drug-likeness (QED) is 0.912. The third-order valence-corrected chi connectivity index (χ3v) is 4.59. The van der Waals surface area contributed by atoms with Crippen molar-refractivity contribution in [1.29, 1.82) is 0 Å². The van der Waals surface area contributed by atoms with E-state index in [1.165, 1.54) is 18.4 Å². The second-order valence-corrected chi connectivity index (χ2v) is 6.57. The number of hydrogen-bond acceptors (Lipinski definition) is 4. The lowest BCUT2D eigenvalue weighted by Gasteiger charge is -2.08. The van der Waals surface area contributed by atoms with Gasteiger partial charge in [0.25, 0.3) is 0 Å². The van der Waals surface area contributed by atoms with Gasteiger partial charge in [0.15, 0.2) is 0 Å². The van der Waals surface area contributed by atoms with Gasteiger partial charge in [0.2, 0.25) is 0 Å². The van der Waals surface area contributed by atoms with Crippen molar-refractivity contribution in [3.63, 3.8) is 0 Å². The Kier molecular flexibility index (Phi) is 3.76. The highest BCUT2D eigenvalue weighted by atomic mass is 32.1. The highest BCUT2D eigenvalue weighted by Crippen LogP contribution is 2.42. The van der Waals surface area contributed by atoms with Crippen LogP contribution in [0.15, 0.2) is 18.2 Å². The highest BCUT2D eigenvalue weighted by molar-refractivity contribution is 7.11. The van der Waals surface area contributed by atoms with Crippen LogP contribution in [0.25, 0.3) is 0 Å². The average Bonchev–Trinajstić information content (AvgIpc) is 3.18. The minimum absolute atomic E-state index is 0.0903. The summed E-state index contributed by atoms with van der Waals surface area (Å²) >= 11 is 1.57. The summed E-state index contributed by atoms with van der Waals surface area (Å²) in [6.45, 7) is 4.70. The Labute approximate surface area is 123 Å². The van der Waals surface area contributed by atoms with Crippen molar-refractivity contribution in [2.45, 2.75) is 45.8 Å². The summed E-state index contributed by atoms with van der Waals surface area (Å²) in [5, 5.41) is 10.4. The number of aliphatic hydroxyl groups is 1. The van der Waals surface area contributed by atoms with Crippen LogP contribution in [0.3, 0.4) is 0 Å². The molecule has 0 amide bonds. The first-order valence-electron chi connectivity index (χ1n) is 6.96.